The molecule has 0 heterocycles. The molecule has 0 aliphatic heterocycles. The summed E-state index contributed by atoms with van der Waals surface area (Å²) in [6, 6.07) is 0. The van der Waals surface area contributed by atoms with Crippen molar-refractivity contribution in [1.82, 2.24) is 0 Å². The van der Waals surface area contributed by atoms with Crippen LogP contribution in [0.4, 0.5) is 0 Å². The van der Waals surface area contributed by atoms with Gasteiger partial charge in [-0.3, -0.25) is 4.79 Å². The summed E-state index contributed by atoms with van der Waals surface area (Å²) in [5.74, 6) is 0.669. The number of aliphatic carboxylic acids is 1. The van der Waals surface area contributed by atoms with Crippen molar-refractivity contribution in [3.63, 3.8) is 0 Å². The molecule has 0 bridgehead atoms. The first-order valence-electron chi connectivity index (χ1n) is 3.41. The maximum Gasteiger partial charge on any atom is 0.303 e. The van der Waals surface area contributed by atoms with E-state index in [2.05, 4.69) is 12.6 Å². The molecule has 1 N–H and O–H groups in total. The molecule has 1 fully saturated rings. The molecular formula is C7H12O2S. The summed E-state index contributed by atoms with van der Waals surface area (Å²) in [6.07, 6.45) is 1.33. The zero-order chi connectivity index (χ0) is 7.78. The number of carboxylic acid groups (broad SMARTS) is 1. The number of hydrogen-bond donors (Lipinski definition) is 2. The van der Waals surface area contributed by atoms with Gasteiger partial charge in [-0.15, -0.1) is 0 Å². The Kier molecular flexibility index (Phi) is 1.95. The fraction of sp³-hybridized carbons (Fsp3) is 0.857. The second-order valence-electron chi connectivity index (χ2n) is 3.31. The lowest BCUT2D eigenvalue weighted by atomic mass is 10.0. The van der Waals surface area contributed by atoms with Crippen LogP contribution in [0.25, 0.3) is 0 Å². The maximum atomic E-state index is 10.3. The highest BCUT2D eigenvalue weighted by atomic mass is 32.1. The van der Waals surface area contributed by atoms with E-state index >= 15 is 0 Å². The molecule has 2 nitrogen and oxygen atoms in total. The van der Waals surface area contributed by atoms with E-state index in [1.165, 1.54) is 0 Å². The Bertz CT molecular complexity index is 158. The maximum absolute atomic E-state index is 10.3. The summed E-state index contributed by atoms with van der Waals surface area (Å²) in [4.78, 5) is 10.3. The monoisotopic (exact) mass is 160 g/mol. The third-order valence-corrected chi connectivity index (χ3v) is 2.75. The summed E-state index contributed by atoms with van der Waals surface area (Å²) >= 11 is 4.12. The zero-order valence-corrected chi connectivity index (χ0v) is 6.90. The highest BCUT2D eigenvalue weighted by Crippen LogP contribution is 2.55. The van der Waals surface area contributed by atoms with Gasteiger partial charge in [0.05, 0.1) is 6.42 Å². The van der Waals surface area contributed by atoms with Crippen molar-refractivity contribution in [2.24, 2.45) is 11.3 Å². The van der Waals surface area contributed by atoms with Crippen molar-refractivity contribution in [3.8, 4) is 0 Å². The lowest BCUT2D eigenvalue weighted by Gasteiger charge is -2.04. The molecule has 0 amide bonds. The molecule has 0 aromatic heterocycles. The predicted octanol–water partition coefficient (Wildman–Crippen LogP) is 1.42. The van der Waals surface area contributed by atoms with Crippen LogP contribution in [-0.4, -0.2) is 16.8 Å². The molecule has 1 rings (SSSR count). The molecular weight excluding hydrogens is 148 g/mol. The van der Waals surface area contributed by atoms with Crippen molar-refractivity contribution in [2.45, 2.75) is 19.8 Å². The highest BCUT2D eigenvalue weighted by molar-refractivity contribution is 7.80. The normalized spacial score (nSPS) is 37.6. The largest absolute Gasteiger partial charge is 0.481 e. The Morgan fingerprint density at radius 3 is 2.80 bits per heavy atom. The third-order valence-electron chi connectivity index (χ3n) is 2.31. The van der Waals surface area contributed by atoms with Crippen LogP contribution in [0.1, 0.15) is 19.8 Å². The minimum atomic E-state index is -0.688. The van der Waals surface area contributed by atoms with Gasteiger partial charge in [-0.25, -0.2) is 0 Å². The van der Waals surface area contributed by atoms with E-state index in [9.17, 15) is 4.79 Å². The van der Waals surface area contributed by atoms with Crippen LogP contribution in [0, 0.1) is 11.3 Å². The average Bonchev–Trinajstić information content (AvgIpc) is 2.39. The Morgan fingerprint density at radius 1 is 1.90 bits per heavy atom. The SMILES string of the molecule is CC1(CC(=O)O)CC1CS. The van der Waals surface area contributed by atoms with Crippen LogP contribution in [0.15, 0.2) is 0 Å². The molecule has 2 unspecified atom stereocenters. The van der Waals surface area contributed by atoms with Gasteiger partial charge in [0.15, 0.2) is 0 Å². The van der Waals surface area contributed by atoms with Crippen molar-refractivity contribution >= 4 is 18.6 Å². The van der Waals surface area contributed by atoms with Gasteiger partial charge in [0.25, 0.3) is 0 Å². The van der Waals surface area contributed by atoms with Gasteiger partial charge >= 0.3 is 5.97 Å². The average molecular weight is 160 g/mol. The molecule has 1 aliphatic rings. The minimum Gasteiger partial charge on any atom is -0.481 e. The van der Waals surface area contributed by atoms with Gasteiger partial charge in [-0.05, 0) is 23.5 Å². The molecule has 1 aliphatic carbocycles. The first-order chi connectivity index (χ1) is 4.58. The van der Waals surface area contributed by atoms with Crippen LogP contribution in [-0.2, 0) is 4.79 Å². The van der Waals surface area contributed by atoms with Crippen molar-refractivity contribution in [1.29, 1.82) is 0 Å². The summed E-state index contributed by atoms with van der Waals surface area (Å²) in [5, 5.41) is 8.48. The summed E-state index contributed by atoms with van der Waals surface area (Å²) < 4.78 is 0. The smallest absolute Gasteiger partial charge is 0.303 e. The predicted molar refractivity (Wildman–Crippen MR) is 42.3 cm³/mol. The molecule has 0 radical (unpaired) electrons. The van der Waals surface area contributed by atoms with Crippen molar-refractivity contribution < 1.29 is 9.90 Å². The number of rotatable bonds is 3. The van der Waals surface area contributed by atoms with Crippen LogP contribution >= 0.6 is 12.6 Å². The molecule has 0 saturated heterocycles. The molecule has 3 heteroatoms. The molecule has 1 saturated carbocycles. The lowest BCUT2D eigenvalue weighted by Crippen LogP contribution is -2.07. The molecule has 0 aromatic carbocycles. The second-order valence-corrected chi connectivity index (χ2v) is 3.67. The Morgan fingerprint density at radius 2 is 2.50 bits per heavy atom. The van der Waals surface area contributed by atoms with Gasteiger partial charge in [-0.1, -0.05) is 6.92 Å². The van der Waals surface area contributed by atoms with Gasteiger partial charge in [0, 0.05) is 0 Å². The fourth-order valence-electron chi connectivity index (χ4n) is 1.35. The lowest BCUT2D eigenvalue weighted by molar-refractivity contribution is -0.138. The van der Waals surface area contributed by atoms with Gasteiger partial charge in [0.2, 0.25) is 0 Å². The Labute approximate surface area is 66.0 Å². The molecule has 10 heavy (non-hydrogen) atoms. The van der Waals surface area contributed by atoms with Crippen LogP contribution in [0.5, 0.6) is 0 Å². The first kappa shape index (κ1) is 7.92. The van der Waals surface area contributed by atoms with E-state index in [0.29, 0.717) is 12.3 Å². The molecule has 2 atom stereocenters. The fourth-order valence-corrected chi connectivity index (χ4v) is 1.92. The van der Waals surface area contributed by atoms with Crippen LogP contribution < -0.4 is 0 Å². The van der Waals surface area contributed by atoms with Crippen LogP contribution in [0.2, 0.25) is 0 Å². The quantitative estimate of drug-likeness (QED) is 0.613. The van der Waals surface area contributed by atoms with E-state index in [4.69, 9.17) is 5.11 Å². The third kappa shape index (κ3) is 1.45. The molecule has 0 spiro atoms. The highest BCUT2D eigenvalue weighted by Gasteiger charge is 2.49. The van der Waals surface area contributed by atoms with Crippen LogP contribution in [0.3, 0.4) is 0 Å². The van der Waals surface area contributed by atoms with E-state index in [-0.39, 0.29) is 5.41 Å². The summed E-state index contributed by atoms with van der Waals surface area (Å²) in [6.45, 7) is 2.02. The first-order valence-corrected chi connectivity index (χ1v) is 4.04. The van der Waals surface area contributed by atoms with Gasteiger partial charge < -0.3 is 5.11 Å². The molecule has 0 aromatic rings. The number of carboxylic acids is 1. The van der Waals surface area contributed by atoms with E-state index < -0.39 is 5.97 Å². The number of hydrogen-bond acceptors (Lipinski definition) is 2. The topological polar surface area (TPSA) is 37.3 Å². The van der Waals surface area contributed by atoms with Gasteiger partial charge in [-0.2, -0.15) is 12.6 Å². The molecule has 58 valence electrons. The Hall–Kier alpha value is -0.180. The minimum absolute atomic E-state index is 0.0631. The summed E-state index contributed by atoms with van der Waals surface area (Å²) in [5.41, 5.74) is 0.0631. The second kappa shape index (κ2) is 2.46. The van der Waals surface area contributed by atoms with E-state index in [1.54, 1.807) is 0 Å². The van der Waals surface area contributed by atoms with Gasteiger partial charge in [0.1, 0.15) is 0 Å². The Balaban J connectivity index is 2.36. The zero-order valence-electron chi connectivity index (χ0n) is 6.00. The van der Waals surface area contributed by atoms with E-state index in [1.807, 2.05) is 6.92 Å². The number of carbonyl (C=O) groups is 1. The standard InChI is InChI=1S/C7H12O2S/c1-7(3-6(8)9)2-5(7)4-10/h5,10H,2-4H2,1H3,(H,8,9). The van der Waals surface area contributed by atoms with Crippen molar-refractivity contribution in [2.75, 3.05) is 5.75 Å². The van der Waals surface area contributed by atoms with E-state index in [0.717, 1.165) is 12.2 Å². The summed E-state index contributed by atoms with van der Waals surface area (Å²) in [7, 11) is 0. The van der Waals surface area contributed by atoms with Crippen molar-refractivity contribution in [3.05, 3.63) is 0 Å². The number of thiol groups is 1.